The molecule has 0 bridgehead atoms. The molecule has 1 aromatic carbocycles. The lowest BCUT2D eigenvalue weighted by atomic mass is 9.95. The third kappa shape index (κ3) is 3.11. The predicted molar refractivity (Wildman–Crippen MR) is 81.6 cm³/mol. The number of hydrogen-bond donors (Lipinski definition) is 2. The van der Waals surface area contributed by atoms with Crippen molar-refractivity contribution in [1.82, 2.24) is 15.6 Å². The van der Waals surface area contributed by atoms with Crippen molar-refractivity contribution in [3.05, 3.63) is 65.5 Å². The molecule has 2 N–H and O–H groups in total. The van der Waals surface area contributed by atoms with Crippen LogP contribution in [0.2, 0.25) is 0 Å². The van der Waals surface area contributed by atoms with Gasteiger partial charge in [0.15, 0.2) is 0 Å². The molecule has 0 saturated heterocycles. The summed E-state index contributed by atoms with van der Waals surface area (Å²) >= 11 is 0. The fourth-order valence-corrected chi connectivity index (χ4v) is 2.67. The summed E-state index contributed by atoms with van der Waals surface area (Å²) in [5.41, 5.74) is 3.55. The number of aromatic nitrogens is 1. The summed E-state index contributed by atoms with van der Waals surface area (Å²) in [5.74, 6) is 0.0425. The fourth-order valence-electron chi connectivity index (χ4n) is 2.67. The standard InChI is InChI=1S/C17H19N3O/c1-12(14-7-4-8-18-10-14)20-17(21)16-9-13-5-2-3-6-15(13)11-19-16/h2-8,10,12,16,19H,9,11H2,1H3,(H,20,21)/t12?,16-/m1/s1. The number of rotatable bonds is 3. The normalized spacial score (nSPS) is 18.6. The molecule has 0 spiro atoms. The predicted octanol–water partition coefficient (Wildman–Crippen LogP) is 1.97. The third-order valence-corrected chi connectivity index (χ3v) is 3.94. The summed E-state index contributed by atoms with van der Waals surface area (Å²) in [4.78, 5) is 16.5. The van der Waals surface area contributed by atoms with Crippen molar-refractivity contribution >= 4 is 5.91 Å². The number of carbonyl (C=O) groups excluding carboxylic acids is 1. The van der Waals surface area contributed by atoms with Crippen molar-refractivity contribution in [1.29, 1.82) is 0 Å². The molecular weight excluding hydrogens is 262 g/mol. The molecule has 1 amide bonds. The van der Waals surface area contributed by atoms with Crippen LogP contribution in [0.5, 0.6) is 0 Å². The lowest BCUT2D eigenvalue weighted by Crippen LogP contribution is -2.48. The minimum Gasteiger partial charge on any atom is -0.348 e. The smallest absolute Gasteiger partial charge is 0.237 e. The van der Waals surface area contributed by atoms with E-state index >= 15 is 0 Å². The Morgan fingerprint density at radius 2 is 2.10 bits per heavy atom. The first-order chi connectivity index (χ1) is 10.2. The summed E-state index contributed by atoms with van der Waals surface area (Å²) < 4.78 is 0. The Balaban J connectivity index is 1.65. The number of hydrogen-bond acceptors (Lipinski definition) is 3. The van der Waals surface area contributed by atoms with E-state index < -0.39 is 0 Å². The fraction of sp³-hybridized carbons (Fsp3) is 0.294. The summed E-state index contributed by atoms with van der Waals surface area (Å²) in [6, 6.07) is 11.9. The zero-order valence-corrected chi connectivity index (χ0v) is 12.0. The lowest BCUT2D eigenvalue weighted by Gasteiger charge is -2.26. The molecule has 2 heterocycles. The number of carbonyl (C=O) groups is 1. The average molecular weight is 281 g/mol. The van der Waals surface area contributed by atoms with Crippen LogP contribution in [0.15, 0.2) is 48.8 Å². The molecule has 0 fully saturated rings. The molecule has 2 atom stereocenters. The largest absolute Gasteiger partial charge is 0.348 e. The highest BCUT2D eigenvalue weighted by Crippen LogP contribution is 2.17. The van der Waals surface area contributed by atoms with Crippen LogP contribution in [0.1, 0.15) is 29.7 Å². The average Bonchev–Trinajstić information content (AvgIpc) is 2.55. The number of pyridine rings is 1. The summed E-state index contributed by atoms with van der Waals surface area (Å²) in [6.07, 6.45) is 4.26. The van der Waals surface area contributed by atoms with Gasteiger partial charge in [-0.05, 0) is 36.1 Å². The van der Waals surface area contributed by atoms with Crippen molar-refractivity contribution in [3.8, 4) is 0 Å². The molecule has 0 aliphatic carbocycles. The molecule has 1 aliphatic heterocycles. The Morgan fingerprint density at radius 1 is 1.29 bits per heavy atom. The second kappa shape index (κ2) is 6.06. The van der Waals surface area contributed by atoms with E-state index in [1.807, 2.05) is 31.2 Å². The Morgan fingerprint density at radius 3 is 2.86 bits per heavy atom. The van der Waals surface area contributed by atoms with E-state index in [1.54, 1.807) is 12.4 Å². The van der Waals surface area contributed by atoms with Crippen LogP contribution < -0.4 is 10.6 Å². The first-order valence-electron chi connectivity index (χ1n) is 7.24. The molecule has 0 radical (unpaired) electrons. The van der Waals surface area contributed by atoms with E-state index in [1.165, 1.54) is 11.1 Å². The quantitative estimate of drug-likeness (QED) is 0.904. The Hall–Kier alpha value is -2.20. The van der Waals surface area contributed by atoms with E-state index in [0.29, 0.717) is 0 Å². The van der Waals surface area contributed by atoms with Gasteiger partial charge in [-0.15, -0.1) is 0 Å². The summed E-state index contributed by atoms with van der Waals surface area (Å²) in [5, 5.41) is 6.36. The molecule has 108 valence electrons. The summed E-state index contributed by atoms with van der Waals surface area (Å²) in [6.45, 7) is 2.72. The SMILES string of the molecule is CC(NC(=O)[C@H]1Cc2ccccc2CN1)c1cccnc1. The van der Waals surface area contributed by atoms with Crippen LogP contribution in [0, 0.1) is 0 Å². The van der Waals surface area contributed by atoms with Gasteiger partial charge in [0, 0.05) is 18.9 Å². The van der Waals surface area contributed by atoms with E-state index in [4.69, 9.17) is 0 Å². The minimum atomic E-state index is -0.168. The van der Waals surface area contributed by atoms with E-state index in [9.17, 15) is 4.79 Å². The Bertz CT molecular complexity index is 627. The second-order valence-electron chi connectivity index (χ2n) is 5.42. The lowest BCUT2D eigenvalue weighted by molar-refractivity contribution is -0.124. The maximum atomic E-state index is 12.4. The highest BCUT2D eigenvalue weighted by Gasteiger charge is 2.24. The minimum absolute atomic E-state index is 0.0369. The van der Waals surface area contributed by atoms with Crippen molar-refractivity contribution in [3.63, 3.8) is 0 Å². The zero-order valence-electron chi connectivity index (χ0n) is 12.0. The van der Waals surface area contributed by atoms with Crippen LogP contribution in [-0.4, -0.2) is 16.9 Å². The highest BCUT2D eigenvalue weighted by molar-refractivity contribution is 5.82. The van der Waals surface area contributed by atoms with Gasteiger partial charge in [0.25, 0.3) is 0 Å². The van der Waals surface area contributed by atoms with Crippen LogP contribution in [0.25, 0.3) is 0 Å². The van der Waals surface area contributed by atoms with Crippen molar-refractivity contribution in [2.45, 2.75) is 32.0 Å². The zero-order chi connectivity index (χ0) is 14.7. The molecular formula is C17H19N3O. The van der Waals surface area contributed by atoms with Gasteiger partial charge in [-0.1, -0.05) is 30.3 Å². The molecule has 3 rings (SSSR count). The molecule has 4 heteroatoms. The van der Waals surface area contributed by atoms with E-state index in [2.05, 4.69) is 27.8 Å². The van der Waals surface area contributed by atoms with Crippen molar-refractivity contribution in [2.75, 3.05) is 0 Å². The molecule has 0 saturated carbocycles. The molecule has 1 unspecified atom stereocenters. The van der Waals surface area contributed by atoms with Gasteiger partial charge >= 0.3 is 0 Å². The monoisotopic (exact) mass is 281 g/mol. The highest BCUT2D eigenvalue weighted by atomic mass is 16.2. The Labute approximate surface area is 124 Å². The number of fused-ring (bicyclic) bond motifs is 1. The maximum Gasteiger partial charge on any atom is 0.237 e. The third-order valence-electron chi connectivity index (χ3n) is 3.94. The second-order valence-corrected chi connectivity index (χ2v) is 5.42. The first kappa shape index (κ1) is 13.8. The van der Waals surface area contributed by atoms with Crippen LogP contribution in [-0.2, 0) is 17.8 Å². The molecule has 1 aromatic heterocycles. The van der Waals surface area contributed by atoms with Crippen molar-refractivity contribution in [2.24, 2.45) is 0 Å². The van der Waals surface area contributed by atoms with Gasteiger partial charge in [-0.3, -0.25) is 9.78 Å². The molecule has 1 aliphatic rings. The van der Waals surface area contributed by atoms with Gasteiger partial charge in [0.2, 0.25) is 5.91 Å². The van der Waals surface area contributed by atoms with Gasteiger partial charge < -0.3 is 10.6 Å². The van der Waals surface area contributed by atoms with Crippen LogP contribution in [0.4, 0.5) is 0 Å². The molecule has 21 heavy (non-hydrogen) atoms. The number of nitrogens with one attached hydrogen (secondary N) is 2. The number of nitrogens with zero attached hydrogens (tertiary/aromatic N) is 1. The van der Waals surface area contributed by atoms with Crippen LogP contribution in [0.3, 0.4) is 0 Å². The van der Waals surface area contributed by atoms with E-state index in [0.717, 1.165) is 18.5 Å². The van der Waals surface area contributed by atoms with Gasteiger partial charge in [0.05, 0.1) is 12.1 Å². The molecule has 4 nitrogen and oxygen atoms in total. The van der Waals surface area contributed by atoms with Gasteiger partial charge in [-0.25, -0.2) is 0 Å². The molecule has 2 aromatic rings. The van der Waals surface area contributed by atoms with Crippen molar-refractivity contribution < 1.29 is 4.79 Å². The van der Waals surface area contributed by atoms with Gasteiger partial charge in [-0.2, -0.15) is 0 Å². The van der Waals surface area contributed by atoms with E-state index in [-0.39, 0.29) is 18.0 Å². The number of amides is 1. The number of benzene rings is 1. The van der Waals surface area contributed by atoms with Crippen LogP contribution >= 0.6 is 0 Å². The Kier molecular flexibility index (Phi) is 3.97. The topological polar surface area (TPSA) is 54.0 Å². The van der Waals surface area contributed by atoms with Gasteiger partial charge in [0.1, 0.15) is 0 Å². The maximum absolute atomic E-state index is 12.4. The first-order valence-corrected chi connectivity index (χ1v) is 7.24. The summed E-state index contributed by atoms with van der Waals surface area (Å²) in [7, 11) is 0.